The molecular weight excluding hydrogens is 496 g/mol. The van der Waals surface area contributed by atoms with Gasteiger partial charge < -0.3 is 14.8 Å². The molecule has 0 radical (unpaired) electrons. The Balaban J connectivity index is 1.61. The van der Waals surface area contributed by atoms with Gasteiger partial charge in [-0.2, -0.15) is 0 Å². The molecule has 5 rings (SSSR count). The summed E-state index contributed by atoms with van der Waals surface area (Å²) in [6, 6.07) is 20.4. The van der Waals surface area contributed by atoms with Gasteiger partial charge in [-0.3, -0.25) is 4.79 Å². The summed E-state index contributed by atoms with van der Waals surface area (Å²) < 4.78 is 6.21. The van der Waals surface area contributed by atoms with Crippen molar-refractivity contribution in [1.29, 1.82) is 0 Å². The summed E-state index contributed by atoms with van der Waals surface area (Å²) in [7, 11) is 1.55. The number of methoxy groups -OCH3 is 1. The Labute approximate surface area is 203 Å². The molecule has 8 heteroatoms. The average Bonchev–Trinajstić information content (AvgIpc) is 3.16. The number of rotatable bonds is 4. The first-order chi connectivity index (χ1) is 16.4. The Morgan fingerprint density at radius 2 is 1.82 bits per heavy atom. The molecule has 0 saturated carbocycles. The third-order valence-corrected chi connectivity index (χ3v) is 6.06. The number of nitrogens with one attached hydrogen (secondary N) is 1. The maximum absolute atomic E-state index is 13.3. The second-order valence-electron chi connectivity index (χ2n) is 7.82. The first kappa shape index (κ1) is 21.8. The van der Waals surface area contributed by atoms with E-state index in [1.54, 1.807) is 31.4 Å². The zero-order valence-corrected chi connectivity index (χ0v) is 19.9. The number of aryl methyl sites for hydroxylation is 1. The normalized spacial score (nSPS) is 11.5. The summed E-state index contributed by atoms with van der Waals surface area (Å²) in [6.07, 6.45) is 0. The molecule has 0 fully saturated rings. The monoisotopic (exact) mass is 514 g/mol. The number of azo groups is 1. The van der Waals surface area contributed by atoms with Gasteiger partial charge in [0.25, 0.3) is 5.91 Å². The van der Waals surface area contributed by atoms with Crippen LogP contribution in [0.2, 0.25) is 0 Å². The summed E-state index contributed by atoms with van der Waals surface area (Å²) in [4.78, 5) is 20.8. The van der Waals surface area contributed by atoms with Crippen LogP contribution in [0.25, 0.3) is 33.1 Å². The molecule has 1 amide bonds. The van der Waals surface area contributed by atoms with E-state index in [1.807, 2.05) is 49.4 Å². The topological polar surface area (TPSA) is 99.9 Å². The minimum Gasteiger partial charge on any atom is -0.497 e. The number of nitrogens with zero attached hydrogens (tertiary/aromatic N) is 3. The minimum absolute atomic E-state index is 0.171. The molecule has 0 aliphatic rings. The molecule has 2 aromatic heterocycles. The van der Waals surface area contributed by atoms with E-state index in [1.165, 1.54) is 0 Å². The summed E-state index contributed by atoms with van der Waals surface area (Å²) in [6.45, 7) is 1.95. The van der Waals surface area contributed by atoms with Gasteiger partial charge in [0.15, 0.2) is 5.69 Å². The Kier molecular flexibility index (Phi) is 5.59. The van der Waals surface area contributed by atoms with Crippen LogP contribution in [0.5, 0.6) is 11.6 Å². The number of aromatic nitrogens is 2. The molecule has 0 saturated heterocycles. The molecule has 168 valence electrons. The second kappa shape index (κ2) is 8.72. The number of ether oxygens (including phenoxy) is 1. The van der Waals surface area contributed by atoms with Crippen molar-refractivity contribution in [2.45, 2.75) is 6.92 Å². The van der Waals surface area contributed by atoms with E-state index in [0.717, 1.165) is 15.6 Å². The number of aromatic hydroxyl groups is 1. The van der Waals surface area contributed by atoms with Gasteiger partial charge in [0.05, 0.1) is 29.4 Å². The molecule has 7 nitrogen and oxygen atoms in total. The number of hydrogen-bond acceptors (Lipinski definition) is 5. The molecule has 0 aliphatic carbocycles. The van der Waals surface area contributed by atoms with Gasteiger partial charge in [-0.25, -0.2) is 4.98 Å². The van der Waals surface area contributed by atoms with Crippen molar-refractivity contribution in [3.05, 3.63) is 82.3 Å². The van der Waals surface area contributed by atoms with E-state index in [9.17, 15) is 9.90 Å². The molecule has 2 heterocycles. The first-order valence-electron chi connectivity index (χ1n) is 10.4. The van der Waals surface area contributed by atoms with Gasteiger partial charge >= 0.3 is 0 Å². The number of carbonyl (C=O) groups excluding carboxylic acids is 1. The molecule has 0 spiro atoms. The van der Waals surface area contributed by atoms with Gasteiger partial charge in [-0.15, -0.1) is 10.2 Å². The van der Waals surface area contributed by atoms with Crippen molar-refractivity contribution >= 4 is 49.3 Å². The molecule has 3 aromatic carbocycles. The summed E-state index contributed by atoms with van der Waals surface area (Å²) in [5.74, 6) is -0.109. The lowest BCUT2D eigenvalue weighted by molar-refractivity contribution is 0.0996. The first-order valence-corrected chi connectivity index (χ1v) is 11.2. The number of H-pyrrole nitrogens is 1. The number of benzene rings is 3. The molecular formula is C26H19BrN4O3. The molecule has 5 aromatic rings. The van der Waals surface area contributed by atoms with Crippen LogP contribution < -0.4 is 4.74 Å². The molecule has 2 N–H and O–H groups in total. The van der Waals surface area contributed by atoms with Crippen molar-refractivity contribution in [2.24, 2.45) is 10.2 Å². The van der Waals surface area contributed by atoms with Gasteiger partial charge in [-0.05, 0) is 55.5 Å². The number of halogens is 1. The van der Waals surface area contributed by atoms with Crippen molar-refractivity contribution in [1.82, 2.24) is 9.97 Å². The van der Waals surface area contributed by atoms with Crippen molar-refractivity contribution in [2.75, 3.05) is 7.11 Å². The van der Waals surface area contributed by atoms with E-state index < -0.39 is 5.91 Å². The van der Waals surface area contributed by atoms with Crippen molar-refractivity contribution in [3.8, 4) is 22.9 Å². The lowest BCUT2D eigenvalue weighted by atomic mass is 10.0. The lowest BCUT2D eigenvalue weighted by Crippen LogP contribution is -1.99. The van der Waals surface area contributed by atoms with E-state index in [2.05, 4.69) is 31.1 Å². The van der Waals surface area contributed by atoms with Gasteiger partial charge in [-0.1, -0.05) is 39.7 Å². The highest BCUT2D eigenvalue weighted by atomic mass is 79.9. The highest BCUT2D eigenvalue weighted by Crippen LogP contribution is 2.37. The Hall–Kier alpha value is -4.04. The van der Waals surface area contributed by atoms with E-state index in [4.69, 9.17) is 9.72 Å². The number of hydrogen-bond donors (Lipinski definition) is 2. The molecule has 0 bridgehead atoms. The Morgan fingerprint density at radius 3 is 2.59 bits per heavy atom. The third kappa shape index (κ3) is 4.04. The molecule has 0 atom stereocenters. The minimum atomic E-state index is -0.534. The fourth-order valence-corrected chi connectivity index (χ4v) is 4.07. The molecule has 0 aliphatic heterocycles. The lowest BCUT2D eigenvalue weighted by Gasteiger charge is -2.08. The average molecular weight is 515 g/mol. The zero-order valence-electron chi connectivity index (χ0n) is 18.3. The predicted molar refractivity (Wildman–Crippen MR) is 135 cm³/mol. The molecule has 34 heavy (non-hydrogen) atoms. The van der Waals surface area contributed by atoms with E-state index in [-0.39, 0.29) is 11.6 Å². The Morgan fingerprint density at radius 1 is 1.03 bits per heavy atom. The van der Waals surface area contributed by atoms with Crippen LogP contribution in [0.15, 0.2) is 81.4 Å². The van der Waals surface area contributed by atoms with E-state index in [0.29, 0.717) is 38.8 Å². The fourth-order valence-electron chi connectivity index (χ4n) is 3.81. The van der Waals surface area contributed by atoms with Crippen LogP contribution in [0.3, 0.4) is 0 Å². The SMILES string of the molecule is COc1ccc2[nH]c(O)c(N=NC(=O)c3cc(-c4ccc(Br)cc4)nc4ccc(C)cc34)c2c1. The highest BCUT2D eigenvalue weighted by Gasteiger charge is 2.16. The van der Waals surface area contributed by atoms with Crippen LogP contribution in [0.1, 0.15) is 15.9 Å². The largest absolute Gasteiger partial charge is 0.497 e. The number of fused-ring (bicyclic) bond motifs is 2. The van der Waals surface area contributed by atoms with Crippen LogP contribution >= 0.6 is 15.9 Å². The van der Waals surface area contributed by atoms with Gasteiger partial charge in [0.1, 0.15) is 5.75 Å². The maximum Gasteiger partial charge on any atom is 0.296 e. The quantitative estimate of drug-likeness (QED) is 0.250. The van der Waals surface area contributed by atoms with Gasteiger partial charge in [0.2, 0.25) is 5.88 Å². The summed E-state index contributed by atoms with van der Waals surface area (Å²) >= 11 is 3.44. The number of aromatic amines is 1. The number of pyridine rings is 1. The number of carbonyl (C=O) groups is 1. The van der Waals surface area contributed by atoms with E-state index >= 15 is 0 Å². The zero-order chi connectivity index (χ0) is 23.8. The fraction of sp³-hybridized carbons (Fsp3) is 0.0769. The van der Waals surface area contributed by atoms with Gasteiger partial charge in [0, 0.05) is 20.8 Å². The number of amides is 1. The smallest absolute Gasteiger partial charge is 0.296 e. The van der Waals surface area contributed by atoms with Crippen LogP contribution in [0.4, 0.5) is 5.69 Å². The standard InChI is InChI=1S/C26H19BrN4O3/c1-14-3-9-21-18(11-14)19(13-23(28-21)15-4-6-16(27)7-5-15)25(32)31-30-24-20-12-17(34-2)8-10-22(20)29-26(24)33/h3-13,29,33H,1-2H3. The Bertz CT molecular complexity index is 1590. The van der Waals surface area contributed by atoms with Crippen LogP contribution in [0, 0.1) is 6.92 Å². The predicted octanol–water partition coefficient (Wildman–Crippen LogP) is 7.09. The van der Waals surface area contributed by atoms with Crippen molar-refractivity contribution in [3.63, 3.8) is 0 Å². The summed E-state index contributed by atoms with van der Waals surface area (Å²) in [5, 5.41) is 19.7. The second-order valence-corrected chi connectivity index (χ2v) is 8.74. The third-order valence-electron chi connectivity index (χ3n) is 5.53. The summed E-state index contributed by atoms with van der Waals surface area (Å²) in [5.41, 5.74) is 4.42. The van der Waals surface area contributed by atoms with Crippen LogP contribution in [-0.2, 0) is 0 Å². The van der Waals surface area contributed by atoms with Crippen molar-refractivity contribution < 1.29 is 14.6 Å². The van der Waals surface area contributed by atoms with Crippen LogP contribution in [-0.4, -0.2) is 28.1 Å². The highest BCUT2D eigenvalue weighted by molar-refractivity contribution is 9.10. The maximum atomic E-state index is 13.3. The molecule has 0 unspecified atom stereocenters.